The number of thioether (sulfide) groups is 1. The molecule has 3 nitrogen and oxygen atoms in total. The first kappa shape index (κ1) is 20.1. The van der Waals surface area contributed by atoms with Gasteiger partial charge in [-0.25, -0.2) is 9.71 Å². The molecule has 3 unspecified atom stereocenters. The topological polar surface area (TPSA) is 41.3 Å². The molecule has 136 valence electrons. The molecule has 1 saturated heterocycles. The van der Waals surface area contributed by atoms with Gasteiger partial charge in [0.05, 0.1) is 21.3 Å². The van der Waals surface area contributed by atoms with Crippen molar-refractivity contribution in [1.82, 2.24) is 5.32 Å². The van der Waals surface area contributed by atoms with Crippen LogP contribution in [-0.2, 0) is 6.18 Å². The Hall–Kier alpha value is -0.190. The summed E-state index contributed by atoms with van der Waals surface area (Å²) in [6.07, 6.45) is -3.23. The summed E-state index contributed by atoms with van der Waals surface area (Å²) in [6.45, 7) is 1.33. The van der Waals surface area contributed by atoms with Gasteiger partial charge in [-0.1, -0.05) is 34.8 Å². The van der Waals surface area contributed by atoms with Crippen molar-refractivity contribution < 1.29 is 22.0 Å². The summed E-state index contributed by atoms with van der Waals surface area (Å²) < 4.78 is 67.7. The molecule has 3 N–H and O–H groups in total. The molecule has 0 aliphatic carbocycles. The summed E-state index contributed by atoms with van der Waals surface area (Å²) in [4.78, 5) is -0.991. The first-order chi connectivity index (χ1) is 10.7. The van der Waals surface area contributed by atoms with Crippen LogP contribution in [0.5, 0.6) is 0 Å². The van der Waals surface area contributed by atoms with Crippen molar-refractivity contribution in [3.63, 3.8) is 0 Å². The first-order valence-corrected chi connectivity index (χ1v) is 8.60. The van der Waals surface area contributed by atoms with Crippen LogP contribution < -0.4 is 16.0 Å². The Kier molecular flexibility index (Phi) is 4.96. The van der Waals surface area contributed by atoms with Crippen molar-refractivity contribution in [2.24, 2.45) is 5.73 Å². The average molecular weight is 431 g/mol. The number of nitrogens with one attached hydrogen (secondary N) is 1. The highest BCUT2D eigenvalue weighted by Crippen LogP contribution is 2.53. The van der Waals surface area contributed by atoms with Gasteiger partial charge in [0.2, 0.25) is 0 Å². The van der Waals surface area contributed by atoms with Crippen molar-refractivity contribution in [2.45, 2.75) is 29.3 Å². The van der Waals surface area contributed by atoms with Gasteiger partial charge < -0.3 is 0 Å². The molecular formula is C12H11Cl3F5N3S. The maximum absolute atomic E-state index is 14.9. The second-order valence-corrected chi connectivity index (χ2v) is 7.72. The normalized spacial score (nSPS) is 34.0. The Morgan fingerprint density at radius 2 is 1.67 bits per heavy atom. The highest BCUT2D eigenvalue weighted by molar-refractivity contribution is 8.00. The fraction of sp³-hybridized carbons (Fsp3) is 0.500. The van der Waals surface area contributed by atoms with Crippen LogP contribution in [0.4, 0.5) is 27.6 Å². The van der Waals surface area contributed by atoms with E-state index in [1.807, 2.05) is 0 Å². The van der Waals surface area contributed by atoms with E-state index >= 15 is 0 Å². The number of nitrogens with zero attached hydrogens (tertiary/aromatic N) is 1. The van der Waals surface area contributed by atoms with E-state index in [0.717, 1.165) is 11.8 Å². The van der Waals surface area contributed by atoms with Gasteiger partial charge in [-0.3, -0.25) is 10.6 Å². The van der Waals surface area contributed by atoms with Gasteiger partial charge in [0, 0.05) is 0 Å². The second kappa shape index (κ2) is 5.92. The third kappa shape index (κ3) is 3.03. The molecule has 2 rings (SSSR count). The van der Waals surface area contributed by atoms with Crippen LogP contribution in [0.25, 0.3) is 0 Å². The molecule has 1 aliphatic rings. The summed E-state index contributed by atoms with van der Waals surface area (Å²) in [7, 11) is 0. The first-order valence-electron chi connectivity index (χ1n) is 6.24. The Morgan fingerprint density at radius 3 is 2.04 bits per heavy atom. The fourth-order valence-electron chi connectivity index (χ4n) is 2.35. The van der Waals surface area contributed by atoms with E-state index in [1.54, 1.807) is 0 Å². The average Bonchev–Trinajstić information content (AvgIpc) is 2.53. The minimum absolute atomic E-state index is 0.416. The zero-order chi connectivity index (χ0) is 18.7. The minimum Gasteiger partial charge on any atom is -0.292 e. The molecule has 0 bridgehead atoms. The lowest BCUT2D eigenvalue weighted by Gasteiger charge is -2.39. The number of halogens is 8. The summed E-state index contributed by atoms with van der Waals surface area (Å²) in [6, 6.07) is 1.10. The van der Waals surface area contributed by atoms with Crippen molar-refractivity contribution in [2.75, 3.05) is 11.2 Å². The monoisotopic (exact) mass is 429 g/mol. The molecule has 0 saturated carbocycles. The lowest BCUT2D eigenvalue weighted by Crippen LogP contribution is -2.60. The number of anilines is 1. The molecule has 12 heteroatoms. The summed E-state index contributed by atoms with van der Waals surface area (Å²) in [5.41, 5.74) is 3.83. The lowest BCUT2D eigenvalue weighted by molar-refractivity contribution is -0.137. The van der Waals surface area contributed by atoms with Crippen LogP contribution >= 0.6 is 46.6 Å². The Balaban J connectivity index is 2.70. The number of hydrogen-bond donors (Lipinski definition) is 2. The van der Waals surface area contributed by atoms with E-state index in [-0.39, 0.29) is 0 Å². The van der Waals surface area contributed by atoms with Crippen molar-refractivity contribution in [3.8, 4) is 0 Å². The van der Waals surface area contributed by atoms with Crippen LogP contribution in [0.15, 0.2) is 12.1 Å². The fourth-order valence-corrected chi connectivity index (χ4v) is 3.98. The van der Waals surface area contributed by atoms with Crippen molar-refractivity contribution >= 4 is 52.3 Å². The van der Waals surface area contributed by atoms with E-state index in [0.29, 0.717) is 17.0 Å². The molecule has 1 aromatic carbocycles. The molecule has 1 fully saturated rings. The summed E-state index contributed by atoms with van der Waals surface area (Å²) >= 11 is 18.1. The maximum Gasteiger partial charge on any atom is 0.416 e. The van der Waals surface area contributed by atoms with Gasteiger partial charge in [0.15, 0.2) is 0 Å². The third-order valence-corrected chi connectivity index (χ3v) is 5.56. The SMILES string of the molecule is CSC1(C)NC(F)(Cl)C(N)(F)N1c1c(Cl)cc(C(F)(F)F)cc1Cl. The smallest absolute Gasteiger partial charge is 0.292 e. The molecule has 1 aromatic rings. The molecular weight excluding hydrogens is 420 g/mol. The second-order valence-electron chi connectivity index (χ2n) is 5.18. The molecule has 24 heavy (non-hydrogen) atoms. The zero-order valence-electron chi connectivity index (χ0n) is 12.1. The molecule has 1 heterocycles. The maximum atomic E-state index is 14.9. The molecule has 3 atom stereocenters. The van der Waals surface area contributed by atoms with Gasteiger partial charge in [-0.05, 0) is 25.3 Å². The van der Waals surface area contributed by atoms with E-state index in [1.165, 1.54) is 13.2 Å². The number of benzene rings is 1. The molecule has 1 aliphatic heterocycles. The zero-order valence-corrected chi connectivity index (χ0v) is 15.2. The van der Waals surface area contributed by atoms with E-state index in [9.17, 15) is 22.0 Å². The number of alkyl halides is 6. The van der Waals surface area contributed by atoms with Gasteiger partial charge >= 0.3 is 17.3 Å². The van der Waals surface area contributed by atoms with Crippen molar-refractivity contribution in [3.05, 3.63) is 27.7 Å². The predicted molar refractivity (Wildman–Crippen MR) is 86.7 cm³/mol. The van der Waals surface area contributed by atoms with Crippen LogP contribution in [0, 0.1) is 0 Å². The highest BCUT2D eigenvalue weighted by Gasteiger charge is 2.68. The Bertz CT molecular complexity index is 647. The largest absolute Gasteiger partial charge is 0.416 e. The summed E-state index contributed by atoms with van der Waals surface area (Å²) in [5, 5.41) is -2.21. The number of hydrogen-bond acceptors (Lipinski definition) is 4. The van der Waals surface area contributed by atoms with Crippen molar-refractivity contribution in [1.29, 1.82) is 0 Å². The van der Waals surface area contributed by atoms with E-state index in [2.05, 4.69) is 5.32 Å². The number of rotatable bonds is 2. The van der Waals surface area contributed by atoms with Gasteiger partial charge in [0.1, 0.15) is 4.99 Å². The van der Waals surface area contributed by atoms with E-state index < -0.39 is 43.6 Å². The summed E-state index contributed by atoms with van der Waals surface area (Å²) in [5.74, 6) is -3.35. The Morgan fingerprint density at radius 1 is 1.21 bits per heavy atom. The van der Waals surface area contributed by atoms with Crippen LogP contribution in [0.2, 0.25) is 10.0 Å². The molecule has 0 radical (unpaired) electrons. The van der Waals surface area contributed by atoms with Gasteiger partial charge in [-0.2, -0.15) is 17.6 Å². The Labute approximate surface area is 153 Å². The van der Waals surface area contributed by atoms with E-state index in [4.69, 9.17) is 40.5 Å². The third-order valence-electron chi connectivity index (χ3n) is 3.55. The minimum atomic E-state index is -4.72. The van der Waals surface area contributed by atoms with Crippen LogP contribution in [0.3, 0.4) is 0 Å². The van der Waals surface area contributed by atoms with Crippen LogP contribution in [-0.4, -0.2) is 22.4 Å². The molecule has 0 spiro atoms. The standard InChI is InChI=1S/C12H11Cl3F5N3S/c1-9(24-2)22-11(15,19)12(20,21)23(9)8-6(13)3-5(4-7(8)14)10(16,17)18/h3-4,22H,21H2,1-2H3. The molecule has 0 aromatic heterocycles. The number of nitrogens with two attached hydrogens (primary N) is 1. The predicted octanol–water partition coefficient (Wildman–Crippen LogP) is 4.90. The van der Waals surface area contributed by atoms with Crippen LogP contribution in [0.1, 0.15) is 12.5 Å². The van der Waals surface area contributed by atoms with Gasteiger partial charge in [0.25, 0.3) is 0 Å². The molecule has 0 amide bonds. The quantitative estimate of drug-likeness (QED) is 0.398. The lowest BCUT2D eigenvalue weighted by atomic mass is 10.1. The van der Waals surface area contributed by atoms with Gasteiger partial charge in [-0.15, -0.1) is 11.8 Å². The highest BCUT2D eigenvalue weighted by atomic mass is 35.5.